The van der Waals surface area contributed by atoms with Crippen LogP contribution in [0.3, 0.4) is 0 Å². The number of carbonyl (C=O) groups is 1. The summed E-state index contributed by atoms with van der Waals surface area (Å²) in [6.45, 7) is 6.43. The molecule has 5 rings (SSSR count). The van der Waals surface area contributed by atoms with Crippen LogP contribution in [0, 0.1) is 6.92 Å². The second-order valence-corrected chi connectivity index (χ2v) is 9.00. The van der Waals surface area contributed by atoms with Crippen LogP contribution in [0.5, 0.6) is 0 Å². The van der Waals surface area contributed by atoms with E-state index in [-0.39, 0.29) is 18.5 Å². The topological polar surface area (TPSA) is 103 Å². The number of amides is 1. The van der Waals surface area contributed by atoms with E-state index in [4.69, 9.17) is 10.1 Å². The number of hydrogen-bond donors (Lipinski definition) is 1. The van der Waals surface area contributed by atoms with Crippen molar-refractivity contribution >= 4 is 22.4 Å². The lowest BCUT2D eigenvalue weighted by molar-refractivity contribution is -0.116. The fraction of sp³-hybridized carbons (Fsp3) is 0.364. The van der Waals surface area contributed by atoms with Gasteiger partial charge >= 0.3 is 0 Å². The molecule has 1 aliphatic carbocycles. The van der Waals surface area contributed by atoms with Crippen LogP contribution >= 0.6 is 11.3 Å². The number of fused-ring (bicyclic) bond motifs is 3. The Labute approximate surface area is 189 Å². The van der Waals surface area contributed by atoms with Crippen molar-refractivity contribution in [2.24, 2.45) is 0 Å². The molecule has 0 fully saturated rings. The van der Waals surface area contributed by atoms with E-state index in [0.717, 1.165) is 52.5 Å². The summed E-state index contributed by atoms with van der Waals surface area (Å²) in [5.74, 6) is -0.177. The van der Waals surface area contributed by atoms with E-state index in [2.05, 4.69) is 45.0 Å². The zero-order valence-electron chi connectivity index (χ0n) is 18.2. The molecule has 4 aromatic heterocycles. The minimum absolute atomic E-state index is 0.102. The Hall–Kier alpha value is -3.40. The van der Waals surface area contributed by atoms with Crippen molar-refractivity contribution in [3.8, 4) is 21.8 Å². The quantitative estimate of drug-likeness (QED) is 0.483. The maximum atomic E-state index is 12.4. The summed E-state index contributed by atoms with van der Waals surface area (Å²) in [7, 11) is 0. The molecule has 0 radical (unpaired) electrons. The Kier molecular flexibility index (Phi) is 5.30. The highest BCUT2D eigenvalue weighted by atomic mass is 32.1. The molecule has 0 bridgehead atoms. The molecule has 4 heterocycles. The van der Waals surface area contributed by atoms with Gasteiger partial charge in [-0.3, -0.25) is 14.5 Å². The normalized spacial score (nSPS) is 13.5. The standard InChI is InChI=1S/C22H24N8OS/c1-4-14(3)30-20-16(19(28-30)15-6-5-13(2)24-9-15)7-8-17-21(20)32-22(26-17)27-18(31)10-29-12-23-11-25-29/h5-6,9,11-12,14H,4,7-8,10H2,1-3H3,(H,26,27,31). The number of nitrogens with zero attached hydrogens (tertiary/aromatic N) is 7. The van der Waals surface area contributed by atoms with Gasteiger partial charge in [0.25, 0.3) is 0 Å². The van der Waals surface area contributed by atoms with Crippen molar-refractivity contribution in [3.05, 3.63) is 47.9 Å². The maximum Gasteiger partial charge on any atom is 0.247 e. The van der Waals surface area contributed by atoms with Crippen molar-refractivity contribution in [2.45, 2.75) is 52.6 Å². The molecule has 1 amide bonds. The van der Waals surface area contributed by atoms with Crippen LogP contribution in [-0.4, -0.2) is 40.4 Å². The third-order valence-electron chi connectivity index (χ3n) is 5.74. The number of aryl methyl sites for hydroxylation is 2. The molecule has 9 nitrogen and oxygen atoms in total. The zero-order valence-corrected chi connectivity index (χ0v) is 19.1. The highest BCUT2D eigenvalue weighted by Gasteiger charge is 2.30. The molecule has 0 aromatic carbocycles. The molecule has 4 aromatic rings. The second-order valence-electron chi connectivity index (χ2n) is 8.00. The van der Waals surface area contributed by atoms with Gasteiger partial charge in [-0.2, -0.15) is 10.2 Å². The molecular weight excluding hydrogens is 424 g/mol. The Bertz CT molecular complexity index is 1260. The first-order chi connectivity index (χ1) is 15.5. The molecule has 10 heteroatoms. The minimum Gasteiger partial charge on any atom is -0.300 e. The first-order valence-electron chi connectivity index (χ1n) is 10.7. The average Bonchev–Trinajstić information content (AvgIpc) is 3.51. The number of anilines is 1. The summed E-state index contributed by atoms with van der Waals surface area (Å²) in [6.07, 6.45) is 7.47. The van der Waals surface area contributed by atoms with Gasteiger partial charge in [0, 0.05) is 29.1 Å². The number of nitrogens with one attached hydrogen (secondary N) is 1. The van der Waals surface area contributed by atoms with Gasteiger partial charge in [-0.05, 0) is 45.2 Å². The molecule has 0 saturated heterocycles. The van der Waals surface area contributed by atoms with Gasteiger partial charge in [-0.25, -0.2) is 14.6 Å². The van der Waals surface area contributed by atoms with Crippen LogP contribution in [0.4, 0.5) is 5.13 Å². The number of carbonyl (C=O) groups excluding carboxylic acids is 1. The monoisotopic (exact) mass is 448 g/mol. The Morgan fingerprint density at radius 3 is 2.91 bits per heavy atom. The summed E-state index contributed by atoms with van der Waals surface area (Å²) in [4.78, 5) is 26.6. The lowest BCUT2D eigenvalue weighted by Gasteiger charge is -2.17. The molecule has 0 spiro atoms. The first kappa shape index (κ1) is 20.5. The van der Waals surface area contributed by atoms with Crippen molar-refractivity contribution < 1.29 is 4.79 Å². The third kappa shape index (κ3) is 3.70. The Morgan fingerprint density at radius 2 is 2.19 bits per heavy atom. The summed E-state index contributed by atoms with van der Waals surface area (Å²) >= 11 is 1.51. The van der Waals surface area contributed by atoms with Gasteiger partial charge in [-0.15, -0.1) is 0 Å². The molecule has 164 valence electrons. The number of hydrogen-bond acceptors (Lipinski definition) is 7. The van der Waals surface area contributed by atoms with Crippen molar-refractivity contribution in [1.82, 2.24) is 34.5 Å². The van der Waals surface area contributed by atoms with E-state index in [9.17, 15) is 4.79 Å². The fourth-order valence-electron chi connectivity index (χ4n) is 3.90. The maximum absolute atomic E-state index is 12.4. The predicted molar refractivity (Wildman–Crippen MR) is 122 cm³/mol. The van der Waals surface area contributed by atoms with E-state index in [1.165, 1.54) is 34.2 Å². The SMILES string of the molecule is CCC(C)n1nc(-c2ccc(C)nc2)c2c1-c1sc(NC(=O)Cn3cncn3)nc1CC2. The number of thiazole rings is 1. The first-order valence-corrected chi connectivity index (χ1v) is 11.5. The Balaban J connectivity index is 1.52. The molecule has 1 atom stereocenters. The van der Waals surface area contributed by atoms with Crippen molar-refractivity contribution in [1.29, 1.82) is 0 Å². The van der Waals surface area contributed by atoms with E-state index in [1.54, 1.807) is 0 Å². The second kappa shape index (κ2) is 8.27. The van der Waals surface area contributed by atoms with E-state index < -0.39 is 0 Å². The van der Waals surface area contributed by atoms with Crippen molar-refractivity contribution in [3.63, 3.8) is 0 Å². The van der Waals surface area contributed by atoms with Gasteiger partial charge < -0.3 is 5.32 Å². The molecule has 0 saturated carbocycles. The van der Waals surface area contributed by atoms with E-state index in [1.807, 2.05) is 19.2 Å². The fourth-order valence-corrected chi connectivity index (χ4v) is 4.99. The average molecular weight is 449 g/mol. The predicted octanol–water partition coefficient (Wildman–Crippen LogP) is 3.68. The summed E-state index contributed by atoms with van der Waals surface area (Å²) in [5.41, 5.74) is 6.36. The van der Waals surface area contributed by atoms with Gasteiger partial charge in [0.2, 0.25) is 5.91 Å². The molecule has 0 aliphatic heterocycles. The number of rotatable bonds is 6. The Morgan fingerprint density at radius 1 is 1.31 bits per heavy atom. The molecular formula is C22H24N8OS. The molecule has 32 heavy (non-hydrogen) atoms. The van der Waals surface area contributed by atoms with E-state index >= 15 is 0 Å². The largest absolute Gasteiger partial charge is 0.300 e. The third-order valence-corrected chi connectivity index (χ3v) is 6.76. The van der Waals surface area contributed by atoms with Gasteiger partial charge in [0.1, 0.15) is 19.2 Å². The van der Waals surface area contributed by atoms with Crippen LogP contribution in [-0.2, 0) is 24.2 Å². The lowest BCUT2D eigenvalue weighted by atomic mass is 9.95. The number of aromatic nitrogens is 7. The van der Waals surface area contributed by atoms with Crippen LogP contribution in [0.2, 0.25) is 0 Å². The smallest absolute Gasteiger partial charge is 0.247 e. The van der Waals surface area contributed by atoms with Gasteiger partial charge in [-0.1, -0.05) is 18.3 Å². The lowest BCUT2D eigenvalue weighted by Crippen LogP contribution is -2.18. The van der Waals surface area contributed by atoms with Gasteiger partial charge in [0.15, 0.2) is 5.13 Å². The van der Waals surface area contributed by atoms with Crippen LogP contribution in [0.25, 0.3) is 21.8 Å². The summed E-state index contributed by atoms with van der Waals surface area (Å²) in [6, 6.07) is 4.35. The molecule has 1 N–H and O–H groups in total. The van der Waals surface area contributed by atoms with E-state index in [0.29, 0.717) is 5.13 Å². The molecule has 1 unspecified atom stereocenters. The summed E-state index contributed by atoms with van der Waals surface area (Å²) < 4.78 is 3.61. The van der Waals surface area contributed by atoms with Crippen molar-refractivity contribution in [2.75, 3.05) is 5.32 Å². The highest BCUT2D eigenvalue weighted by Crippen LogP contribution is 2.44. The highest BCUT2D eigenvalue weighted by molar-refractivity contribution is 7.19. The minimum atomic E-state index is -0.177. The molecule has 1 aliphatic rings. The van der Waals surface area contributed by atoms with Crippen LogP contribution in [0.1, 0.15) is 43.3 Å². The van der Waals surface area contributed by atoms with Crippen LogP contribution in [0.15, 0.2) is 31.0 Å². The summed E-state index contributed by atoms with van der Waals surface area (Å²) in [5, 5.41) is 12.5. The zero-order chi connectivity index (χ0) is 22.2. The number of pyridine rings is 1. The van der Waals surface area contributed by atoms with Gasteiger partial charge in [0.05, 0.1) is 22.0 Å². The van der Waals surface area contributed by atoms with Crippen LogP contribution < -0.4 is 5.32 Å².